The molecule has 1 unspecified atom stereocenters. The lowest BCUT2D eigenvalue weighted by atomic mass is 10.1. The molecule has 0 aliphatic carbocycles. The zero-order valence-electron chi connectivity index (χ0n) is 13.7. The summed E-state index contributed by atoms with van der Waals surface area (Å²) in [6, 6.07) is -0.548. The molecule has 9 nitrogen and oxygen atoms in total. The quantitative estimate of drug-likeness (QED) is 0.448. The lowest BCUT2D eigenvalue weighted by Gasteiger charge is -2.23. The maximum Gasteiger partial charge on any atom is 0.407 e. The minimum absolute atomic E-state index is 0.0954. The Labute approximate surface area is 137 Å². The van der Waals surface area contributed by atoms with E-state index < -0.39 is 43.7 Å². The first-order valence-electron chi connectivity index (χ1n) is 6.97. The predicted octanol–water partition coefficient (Wildman–Crippen LogP) is 0.914. The maximum absolute atomic E-state index is 11.7. The summed E-state index contributed by atoms with van der Waals surface area (Å²) in [6.07, 6.45) is 0.665. The summed E-state index contributed by atoms with van der Waals surface area (Å²) >= 11 is 0. The van der Waals surface area contributed by atoms with Gasteiger partial charge in [-0.25, -0.2) is 4.79 Å². The van der Waals surface area contributed by atoms with E-state index in [2.05, 4.69) is 9.50 Å². The summed E-state index contributed by atoms with van der Waals surface area (Å²) in [5.74, 6) is -0.452. The average Bonchev–Trinajstić information content (AvgIpc) is 2.21. The van der Waals surface area contributed by atoms with Crippen LogP contribution in [0, 0.1) is 0 Å². The lowest BCUT2D eigenvalue weighted by Crippen LogP contribution is -2.40. The summed E-state index contributed by atoms with van der Waals surface area (Å²) in [5.41, 5.74) is -0.702. The zero-order chi connectivity index (χ0) is 18.3. The Bertz CT molecular complexity index is 539. The van der Waals surface area contributed by atoms with Crippen molar-refractivity contribution in [2.45, 2.75) is 51.7 Å². The molecule has 0 saturated heterocycles. The van der Waals surface area contributed by atoms with Crippen molar-refractivity contribution in [3.05, 3.63) is 0 Å². The van der Waals surface area contributed by atoms with Gasteiger partial charge in [-0.3, -0.25) is 8.74 Å². The van der Waals surface area contributed by atoms with E-state index in [0.29, 0.717) is 0 Å². The Morgan fingerprint density at radius 3 is 2.17 bits per heavy atom. The van der Waals surface area contributed by atoms with Crippen LogP contribution in [0.2, 0.25) is 0 Å². The molecular formula is C12H25NO8S2. The normalized spacial score (nSPS) is 14.3. The van der Waals surface area contributed by atoms with Crippen molar-refractivity contribution in [3.63, 3.8) is 0 Å². The van der Waals surface area contributed by atoms with Crippen molar-refractivity contribution in [1.29, 1.82) is 0 Å². The molecule has 0 radical (unpaired) electrons. The monoisotopic (exact) mass is 375 g/mol. The molecule has 0 spiro atoms. The number of hydrogen-bond acceptors (Lipinski definition) is 7. The number of carbonyl (C=O) groups excluding carboxylic acids is 1. The second kappa shape index (κ2) is 8.81. The van der Waals surface area contributed by atoms with Crippen LogP contribution < -0.4 is 5.32 Å². The van der Waals surface area contributed by atoms with Gasteiger partial charge in [-0.05, 0) is 40.0 Å². The Morgan fingerprint density at radius 1 is 1.17 bits per heavy atom. The third-order valence-electron chi connectivity index (χ3n) is 2.44. The van der Waals surface area contributed by atoms with Gasteiger partial charge < -0.3 is 10.1 Å². The zero-order valence-corrected chi connectivity index (χ0v) is 15.4. The van der Waals surface area contributed by atoms with E-state index in [1.807, 2.05) is 0 Å². The fourth-order valence-corrected chi connectivity index (χ4v) is 2.55. The Morgan fingerprint density at radius 2 is 1.74 bits per heavy atom. The minimum atomic E-state index is -4.09. The molecule has 0 aromatic carbocycles. The van der Waals surface area contributed by atoms with Crippen LogP contribution in [-0.4, -0.2) is 57.7 Å². The number of amides is 1. The van der Waals surface area contributed by atoms with Gasteiger partial charge in [0.25, 0.3) is 20.2 Å². The number of carbonyl (C=O) groups is 1. The van der Waals surface area contributed by atoms with Crippen molar-refractivity contribution in [1.82, 2.24) is 5.32 Å². The van der Waals surface area contributed by atoms with Gasteiger partial charge in [0.15, 0.2) is 0 Å². The highest BCUT2D eigenvalue weighted by molar-refractivity contribution is 7.86. The average molecular weight is 375 g/mol. The van der Waals surface area contributed by atoms with E-state index in [4.69, 9.17) is 9.29 Å². The van der Waals surface area contributed by atoms with E-state index >= 15 is 0 Å². The summed E-state index contributed by atoms with van der Waals surface area (Å²) < 4.78 is 61.7. The second-order valence-electron chi connectivity index (χ2n) is 6.09. The van der Waals surface area contributed by atoms with Crippen molar-refractivity contribution in [2.24, 2.45) is 0 Å². The molecule has 0 aliphatic rings. The van der Waals surface area contributed by atoms with Gasteiger partial charge in [0, 0.05) is 6.04 Å². The van der Waals surface area contributed by atoms with Crippen molar-refractivity contribution in [2.75, 3.05) is 18.6 Å². The molecule has 2 N–H and O–H groups in total. The van der Waals surface area contributed by atoms with Gasteiger partial charge in [-0.2, -0.15) is 16.8 Å². The van der Waals surface area contributed by atoms with Gasteiger partial charge in [0.1, 0.15) is 5.60 Å². The van der Waals surface area contributed by atoms with Gasteiger partial charge >= 0.3 is 6.09 Å². The fourth-order valence-electron chi connectivity index (χ4n) is 1.62. The minimum Gasteiger partial charge on any atom is -0.444 e. The molecule has 0 bridgehead atoms. The fraction of sp³-hybridized carbons (Fsp3) is 0.917. The Kier molecular flexibility index (Phi) is 8.46. The number of alkyl carbamates (subject to hydrolysis) is 1. The highest BCUT2D eigenvalue weighted by atomic mass is 32.2. The van der Waals surface area contributed by atoms with Crippen molar-refractivity contribution < 1.29 is 35.1 Å². The Hall–Kier alpha value is -0.910. The van der Waals surface area contributed by atoms with Crippen molar-refractivity contribution in [3.8, 4) is 0 Å². The SMILES string of the molecule is CC(C)(C)OC(=O)NC(CCCS(=O)(=O)O)CCOS(C)(=O)=O. The van der Waals surface area contributed by atoms with Crippen LogP contribution in [0.5, 0.6) is 0 Å². The van der Waals surface area contributed by atoms with Gasteiger partial charge in [-0.15, -0.1) is 0 Å². The third-order valence-corrected chi connectivity index (χ3v) is 3.84. The molecule has 0 saturated carbocycles. The van der Waals surface area contributed by atoms with E-state index in [1.165, 1.54) is 0 Å². The molecule has 138 valence electrons. The van der Waals surface area contributed by atoms with Crippen LogP contribution in [0.3, 0.4) is 0 Å². The number of hydrogen-bond donors (Lipinski definition) is 2. The highest BCUT2D eigenvalue weighted by Gasteiger charge is 2.20. The molecule has 0 aromatic heterocycles. The predicted molar refractivity (Wildman–Crippen MR) is 84.2 cm³/mol. The van der Waals surface area contributed by atoms with Crippen LogP contribution >= 0.6 is 0 Å². The first kappa shape index (κ1) is 22.1. The summed E-state index contributed by atoms with van der Waals surface area (Å²) in [6.45, 7) is 4.90. The second-order valence-corrected chi connectivity index (χ2v) is 9.30. The molecule has 0 rings (SSSR count). The molecule has 0 heterocycles. The molecule has 0 fully saturated rings. The molecule has 11 heteroatoms. The van der Waals surface area contributed by atoms with E-state index in [9.17, 15) is 21.6 Å². The molecule has 1 amide bonds. The number of ether oxygens (including phenoxy) is 1. The van der Waals surface area contributed by atoms with E-state index in [-0.39, 0.29) is 25.9 Å². The summed E-state index contributed by atoms with van der Waals surface area (Å²) in [4.78, 5) is 11.7. The smallest absolute Gasteiger partial charge is 0.407 e. The van der Waals surface area contributed by atoms with Gasteiger partial charge in [0.2, 0.25) is 0 Å². The first-order chi connectivity index (χ1) is 10.2. The topological polar surface area (TPSA) is 136 Å². The molecule has 0 aliphatic heterocycles. The number of rotatable bonds is 9. The van der Waals surface area contributed by atoms with Crippen molar-refractivity contribution >= 4 is 26.3 Å². The highest BCUT2D eigenvalue weighted by Crippen LogP contribution is 2.10. The summed E-state index contributed by atoms with van der Waals surface area (Å²) in [5, 5.41) is 2.53. The summed E-state index contributed by atoms with van der Waals surface area (Å²) in [7, 11) is -7.69. The largest absolute Gasteiger partial charge is 0.444 e. The molecular weight excluding hydrogens is 350 g/mol. The van der Waals surface area contributed by atoms with Crippen LogP contribution in [0.4, 0.5) is 4.79 Å². The van der Waals surface area contributed by atoms with Gasteiger partial charge in [-0.1, -0.05) is 0 Å². The first-order valence-corrected chi connectivity index (χ1v) is 10.4. The maximum atomic E-state index is 11.7. The van der Waals surface area contributed by atoms with E-state index in [0.717, 1.165) is 6.26 Å². The van der Waals surface area contributed by atoms with Crippen LogP contribution in [0.15, 0.2) is 0 Å². The molecule has 23 heavy (non-hydrogen) atoms. The molecule has 0 aromatic rings. The molecule has 1 atom stereocenters. The van der Waals surface area contributed by atoms with Crippen LogP contribution in [0.1, 0.15) is 40.0 Å². The third kappa shape index (κ3) is 15.8. The van der Waals surface area contributed by atoms with Gasteiger partial charge in [0.05, 0.1) is 18.6 Å². The van der Waals surface area contributed by atoms with Crippen LogP contribution in [0.25, 0.3) is 0 Å². The Balaban J connectivity index is 4.56. The number of nitrogens with one attached hydrogen (secondary N) is 1. The van der Waals surface area contributed by atoms with E-state index in [1.54, 1.807) is 20.8 Å². The lowest BCUT2D eigenvalue weighted by molar-refractivity contribution is 0.0496. The van der Waals surface area contributed by atoms with Crippen LogP contribution in [-0.2, 0) is 29.2 Å². The standard InChI is InChI=1S/C12H25NO8S2/c1-12(2,3)21-11(14)13-10(6-5-9-23(17,18)19)7-8-20-22(4,15)16/h10H,5-9H2,1-4H3,(H,13,14)(H,17,18,19).